The second-order valence-corrected chi connectivity index (χ2v) is 5.24. The maximum Gasteiger partial charge on any atom is 0.193 e. The molecule has 3 aromatic rings. The molecular formula is C19H17N3O. The number of nitrogen functional groups attached to an aromatic ring is 2. The van der Waals surface area contributed by atoms with Crippen molar-refractivity contribution in [2.24, 2.45) is 0 Å². The Labute approximate surface area is 134 Å². The summed E-state index contributed by atoms with van der Waals surface area (Å²) in [4.78, 5) is 12.4. The fraction of sp³-hybridized carbons (Fsp3) is 0. The summed E-state index contributed by atoms with van der Waals surface area (Å²) in [6.07, 6.45) is 0. The molecule has 4 heteroatoms. The van der Waals surface area contributed by atoms with Crippen molar-refractivity contribution in [2.75, 3.05) is 16.8 Å². The first-order valence-corrected chi connectivity index (χ1v) is 7.25. The molecule has 0 amide bonds. The van der Waals surface area contributed by atoms with Crippen molar-refractivity contribution in [2.45, 2.75) is 0 Å². The van der Waals surface area contributed by atoms with Crippen molar-refractivity contribution < 1.29 is 4.79 Å². The highest BCUT2D eigenvalue weighted by atomic mass is 16.1. The van der Waals surface area contributed by atoms with Crippen LogP contribution in [-0.2, 0) is 0 Å². The van der Waals surface area contributed by atoms with E-state index in [0.29, 0.717) is 22.5 Å². The van der Waals surface area contributed by atoms with Crippen LogP contribution in [0, 0.1) is 0 Å². The molecule has 0 aromatic heterocycles. The van der Waals surface area contributed by atoms with Gasteiger partial charge >= 0.3 is 0 Å². The molecule has 0 atom stereocenters. The zero-order chi connectivity index (χ0) is 16.2. The molecule has 0 saturated carbocycles. The van der Waals surface area contributed by atoms with Gasteiger partial charge in [-0.05, 0) is 42.5 Å². The molecular weight excluding hydrogens is 286 g/mol. The van der Waals surface area contributed by atoms with Crippen molar-refractivity contribution in [3.05, 3.63) is 83.9 Å². The number of rotatable bonds is 4. The maximum atomic E-state index is 12.4. The molecule has 0 heterocycles. The van der Waals surface area contributed by atoms with Crippen LogP contribution < -0.4 is 16.8 Å². The number of nitrogens with two attached hydrogens (primary N) is 2. The summed E-state index contributed by atoms with van der Waals surface area (Å²) in [5, 5.41) is 3.21. The van der Waals surface area contributed by atoms with Gasteiger partial charge < -0.3 is 16.8 Å². The lowest BCUT2D eigenvalue weighted by molar-refractivity contribution is 0.103. The summed E-state index contributed by atoms with van der Waals surface area (Å²) in [5.74, 6) is -0.0451. The minimum absolute atomic E-state index is 0.0451. The first-order valence-electron chi connectivity index (χ1n) is 7.25. The summed E-state index contributed by atoms with van der Waals surface area (Å²) in [7, 11) is 0. The standard InChI is InChI=1S/C19H17N3O/c20-15-7-9-16(10-8-15)22-18-11-6-14(12-17(18)21)19(23)13-4-2-1-3-5-13/h1-12,22H,20-21H2. The Kier molecular flexibility index (Phi) is 3.97. The second kappa shape index (κ2) is 6.23. The molecule has 5 N–H and O–H groups in total. The van der Waals surface area contributed by atoms with Crippen LogP contribution in [0.5, 0.6) is 0 Å². The van der Waals surface area contributed by atoms with Gasteiger partial charge in [0.05, 0.1) is 11.4 Å². The van der Waals surface area contributed by atoms with Crippen LogP contribution in [0.2, 0.25) is 0 Å². The van der Waals surface area contributed by atoms with E-state index in [2.05, 4.69) is 5.32 Å². The monoisotopic (exact) mass is 303 g/mol. The summed E-state index contributed by atoms with van der Waals surface area (Å²) in [6.45, 7) is 0. The summed E-state index contributed by atoms with van der Waals surface area (Å²) < 4.78 is 0. The molecule has 3 aromatic carbocycles. The van der Waals surface area contributed by atoms with Gasteiger partial charge in [0.1, 0.15) is 0 Å². The van der Waals surface area contributed by atoms with Crippen LogP contribution in [-0.4, -0.2) is 5.78 Å². The lowest BCUT2D eigenvalue weighted by Crippen LogP contribution is -2.03. The van der Waals surface area contributed by atoms with Gasteiger partial charge in [0.15, 0.2) is 5.78 Å². The van der Waals surface area contributed by atoms with Crippen molar-refractivity contribution in [3.8, 4) is 0 Å². The zero-order valence-electron chi connectivity index (χ0n) is 12.5. The number of ketones is 1. The van der Waals surface area contributed by atoms with Gasteiger partial charge in [0.25, 0.3) is 0 Å². The third kappa shape index (κ3) is 3.32. The van der Waals surface area contributed by atoms with E-state index >= 15 is 0 Å². The SMILES string of the molecule is Nc1ccc(Nc2ccc(C(=O)c3ccccc3)cc2N)cc1. The molecule has 0 spiro atoms. The van der Waals surface area contributed by atoms with Crippen molar-refractivity contribution >= 4 is 28.5 Å². The first-order chi connectivity index (χ1) is 11.1. The van der Waals surface area contributed by atoms with E-state index in [1.165, 1.54) is 0 Å². The number of benzene rings is 3. The van der Waals surface area contributed by atoms with E-state index in [1.807, 2.05) is 48.5 Å². The molecule has 4 nitrogen and oxygen atoms in total. The van der Waals surface area contributed by atoms with E-state index in [9.17, 15) is 4.79 Å². The van der Waals surface area contributed by atoms with Crippen LogP contribution in [0.3, 0.4) is 0 Å². The number of hydrogen-bond donors (Lipinski definition) is 3. The van der Waals surface area contributed by atoms with E-state index in [-0.39, 0.29) is 5.78 Å². The van der Waals surface area contributed by atoms with Gasteiger partial charge in [0.2, 0.25) is 0 Å². The number of nitrogens with one attached hydrogen (secondary N) is 1. The predicted octanol–water partition coefficient (Wildman–Crippen LogP) is 3.83. The van der Waals surface area contributed by atoms with E-state index < -0.39 is 0 Å². The third-order valence-corrected chi connectivity index (χ3v) is 3.54. The smallest absolute Gasteiger partial charge is 0.193 e. The van der Waals surface area contributed by atoms with Crippen molar-refractivity contribution in [3.63, 3.8) is 0 Å². The van der Waals surface area contributed by atoms with E-state index in [1.54, 1.807) is 24.3 Å². The Hall–Kier alpha value is -3.27. The van der Waals surface area contributed by atoms with Crippen LogP contribution in [0.4, 0.5) is 22.7 Å². The molecule has 0 saturated heterocycles. The molecule has 0 aliphatic heterocycles. The average molecular weight is 303 g/mol. The maximum absolute atomic E-state index is 12.4. The normalized spacial score (nSPS) is 10.3. The Balaban J connectivity index is 1.83. The van der Waals surface area contributed by atoms with Crippen molar-refractivity contribution in [1.82, 2.24) is 0 Å². The summed E-state index contributed by atoms with van der Waals surface area (Å²) in [6, 6.07) is 21.8. The molecule has 0 aliphatic carbocycles. The lowest BCUT2D eigenvalue weighted by atomic mass is 10.0. The average Bonchev–Trinajstić information content (AvgIpc) is 2.59. The first kappa shape index (κ1) is 14.7. The highest BCUT2D eigenvalue weighted by Crippen LogP contribution is 2.25. The highest BCUT2D eigenvalue weighted by Gasteiger charge is 2.10. The second-order valence-electron chi connectivity index (χ2n) is 5.24. The quantitative estimate of drug-likeness (QED) is 0.505. The van der Waals surface area contributed by atoms with Gasteiger partial charge in [-0.25, -0.2) is 0 Å². The highest BCUT2D eigenvalue weighted by molar-refractivity contribution is 6.09. The van der Waals surface area contributed by atoms with Gasteiger partial charge in [-0.3, -0.25) is 4.79 Å². The molecule has 0 radical (unpaired) electrons. The zero-order valence-corrected chi connectivity index (χ0v) is 12.5. The number of hydrogen-bond acceptors (Lipinski definition) is 4. The van der Waals surface area contributed by atoms with Crippen molar-refractivity contribution in [1.29, 1.82) is 0 Å². The summed E-state index contributed by atoms with van der Waals surface area (Å²) >= 11 is 0. The fourth-order valence-corrected chi connectivity index (χ4v) is 2.30. The molecule has 0 bridgehead atoms. The molecule has 114 valence electrons. The van der Waals surface area contributed by atoms with E-state index in [0.717, 1.165) is 11.4 Å². The fourth-order valence-electron chi connectivity index (χ4n) is 2.30. The third-order valence-electron chi connectivity index (χ3n) is 3.54. The Morgan fingerprint density at radius 1 is 0.783 bits per heavy atom. The lowest BCUT2D eigenvalue weighted by Gasteiger charge is -2.11. The number of anilines is 4. The molecule has 0 unspecified atom stereocenters. The number of carbonyl (C=O) groups excluding carboxylic acids is 1. The summed E-state index contributed by atoms with van der Waals surface area (Å²) in [5.41, 5.74) is 15.8. The van der Waals surface area contributed by atoms with Gasteiger partial charge in [0, 0.05) is 22.5 Å². The van der Waals surface area contributed by atoms with Crippen LogP contribution in [0.25, 0.3) is 0 Å². The van der Waals surface area contributed by atoms with Gasteiger partial charge in [-0.15, -0.1) is 0 Å². The predicted molar refractivity (Wildman–Crippen MR) is 94.9 cm³/mol. The largest absolute Gasteiger partial charge is 0.399 e. The number of carbonyl (C=O) groups is 1. The van der Waals surface area contributed by atoms with Crippen LogP contribution in [0.15, 0.2) is 72.8 Å². The Bertz CT molecular complexity index is 827. The molecule has 3 rings (SSSR count). The Morgan fingerprint density at radius 3 is 2.13 bits per heavy atom. The molecule has 23 heavy (non-hydrogen) atoms. The topological polar surface area (TPSA) is 81.1 Å². The van der Waals surface area contributed by atoms with Gasteiger partial charge in [-0.1, -0.05) is 30.3 Å². The molecule has 0 aliphatic rings. The Morgan fingerprint density at radius 2 is 1.48 bits per heavy atom. The van der Waals surface area contributed by atoms with Crippen LogP contribution in [0.1, 0.15) is 15.9 Å². The van der Waals surface area contributed by atoms with Gasteiger partial charge in [-0.2, -0.15) is 0 Å². The minimum Gasteiger partial charge on any atom is -0.399 e. The van der Waals surface area contributed by atoms with E-state index in [4.69, 9.17) is 11.5 Å². The minimum atomic E-state index is -0.0451. The molecule has 0 fully saturated rings. The van der Waals surface area contributed by atoms with Crippen LogP contribution >= 0.6 is 0 Å².